The lowest BCUT2D eigenvalue weighted by molar-refractivity contribution is 0.0854. The summed E-state index contributed by atoms with van der Waals surface area (Å²) in [6, 6.07) is 2.51. The Labute approximate surface area is 98.3 Å². The van der Waals surface area contributed by atoms with Gasteiger partial charge in [0.25, 0.3) is 0 Å². The second-order valence-corrected chi connectivity index (χ2v) is 5.01. The van der Waals surface area contributed by atoms with E-state index in [0.717, 1.165) is 36.5 Å². The van der Waals surface area contributed by atoms with E-state index in [1.807, 2.05) is 6.07 Å². The Morgan fingerprint density at radius 3 is 3.00 bits per heavy atom. The van der Waals surface area contributed by atoms with Crippen LogP contribution in [0.25, 0.3) is 0 Å². The van der Waals surface area contributed by atoms with Crippen LogP contribution in [0.15, 0.2) is 15.2 Å². The molecule has 1 aromatic heterocycles. The van der Waals surface area contributed by atoms with Gasteiger partial charge in [-0.3, -0.25) is 4.90 Å². The van der Waals surface area contributed by atoms with E-state index in [4.69, 9.17) is 4.52 Å². The zero-order chi connectivity index (χ0) is 10.8. The maximum Gasteiger partial charge on any atom is 0.151 e. The molecular weight excluding hydrogens is 258 g/mol. The smallest absolute Gasteiger partial charge is 0.151 e. The van der Waals surface area contributed by atoms with Crippen LogP contribution in [0, 0.1) is 0 Å². The second-order valence-electron chi connectivity index (χ2n) is 4.20. The van der Waals surface area contributed by atoms with Crippen molar-refractivity contribution >= 4 is 15.9 Å². The van der Waals surface area contributed by atoms with Crippen LogP contribution >= 0.6 is 15.9 Å². The zero-order valence-corrected chi connectivity index (χ0v) is 10.7. The molecule has 1 saturated heterocycles. The Morgan fingerprint density at radius 1 is 1.60 bits per heavy atom. The Kier molecular flexibility index (Phi) is 3.43. The molecule has 84 valence electrons. The Balaban J connectivity index is 1.94. The summed E-state index contributed by atoms with van der Waals surface area (Å²) in [6.07, 6.45) is 0. The first-order chi connectivity index (χ1) is 7.15. The molecular formula is C10H16BrN3O. The maximum atomic E-state index is 5.19. The molecule has 15 heavy (non-hydrogen) atoms. The van der Waals surface area contributed by atoms with Crippen LogP contribution in [-0.4, -0.2) is 47.7 Å². The first-order valence-corrected chi connectivity index (χ1v) is 5.98. The van der Waals surface area contributed by atoms with Gasteiger partial charge in [-0.1, -0.05) is 5.16 Å². The molecule has 2 heterocycles. The number of aromatic nitrogens is 1. The normalized spacial score (nSPS) is 24.6. The van der Waals surface area contributed by atoms with Gasteiger partial charge in [0, 0.05) is 31.7 Å². The molecule has 0 aromatic carbocycles. The largest absolute Gasteiger partial charge is 0.359 e. The third kappa shape index (κ3) is 2.80. The zero-order valence-electron chi connectivity index (χ0n) is 9.11. The number of halogens is 1. The summed E-state index contributed by atoms with van der Waals surface area (Å²) < 4.78 is 5.97. The summed E-state index contributed by atoms with van der Waals surface area (Å²) in [4.78, 5) is 4.78. The summed E-state index contributed by atoms with van der Waals surface area (Å²) in [6.45, 7) is 6.44. The highest BCUT2D eigenvalue weighted by Crippen LogP contribution is 2.15. The molecule has 0 bridgehead atoms. The maximum absolute atomic E-state index is 5.19. The number of piperazine rings is 1. The lowest BCUT2D eigenvalue weighted by atomic mass is 10.2. The minimum absolute atomic E-state index is 0.577. The van der Waals surface area contributed by atoms with Crippen LogP contribution in [0.5, 0.6) is 0 Å². The predicted octanol–water partition coefficient (Wildman–Crippen LogP) is 1.57. The molecule has 1 aromatic rings. The summed E-state index contributed by atoms with van der Waals surface area (Å²) in [7, 11) is 2.17. The van der Waals surface area contributed by atoms with E-state index >= 15 is 0 Å². The van der Waals surface area contributed by atoms with Crippen LogP contribution in [0.4, 0.5) is 0 Å². The average Bonchev–Trinajstić information content (AvgIpc) is 2.56. The molecule has 1 aliphatic rings. The van der Waals surface area contributed by atoms with Crippen molar-refractivity contribution in [1.29, 1.82) is 0 Å². The fourth-order valence-electron chi connectivity index (χ4n) is 1.97. The van der Waals surface area contributed by atoms with E-state index in [9.17, 15) is 0 Å². The summed E-state index contributed by atoms with van der Waals surface area (Å²) in [5.74, 6) is 0.929. The van der Waals surface area contributed by atoms with Crippen LogP contribution in [0.2, 0.25) is 0 Å². The topological polar surface area (TPSA) is 32.5 Å². The summed E-state index contributed by atoms with van der Waals surface area (Å²) in [5, 5.41) is 3.83. The molecule has 2 rings (SSSR count). The fourth-order valence-corrected chi connectivity index (χ4v) is 2.30. The van der Waals surface area contributed by atoms with Gasteiger partial charge < -0.3 is 9.42 Å². The van der Waals surface area contributed by atoms with Gasteiger partial charge in [-0.05, 0) is 29.9 Å². The van der Waals surface area contributed by atoms with Crippen molar-refractivity contribution in [2.24, 2.45) is 0 Å². The SMILES string of the molecule is CC1CN(C)CCN1Cc1cc(Br)no1. The van der Waals surface area contributed by atoms with E-state index in [-0.39, 0.29) is 0 Å². The average molecular weight is 274 g/mol. The molecule has 0 saturated carbocycles. The Bertz CT molecular complexity index is 328. The van der Waals surface area contributed by atoms with E-state index < -0.39 is 0 Å². The molecule has 0 radical (unpaired) electrons. The van der Waals surface area contributed by atoms with Crippen molar-refractivity contribution < 1.29 is 4.52 Å². The van der Waals surface area contributed by atoms with E-state index in [2.05, 4.69) is 44.9 Å². The third-order valence-electron chi connectivity index (χ3n) is 2.86. The highest BCUT2D eigenvalue weighted by Gasteiger charge is 2.22. The number of rotatable bonds is 2. The van der Waals surface area contributed by atoms with Crippen molar-refractivity contribution in [3.63, 3.8) is 0 Å². The lowest BCUT2D eigenvalue weighted by Crippen LogP contribution is -2.49. The molecule has 0 N–H and O–H groups in total. The molecule has 1 aliphatic heterocycles. The van der Waals surface area contributed by atoms with Crippen molar-refractivity contribution in [3.8, 4) is 0 Å². The predicted molar refractivity (Wildman–Crippen MR) is 61.6 cm³/mol. The second kappa shape index (κ2) is 4.63. The summed E-state index contributed by atoms with van der Waals surface area (Å²) >= 11 is 3.29. The van der Waals surface area contributed by atoms with Gasteiger partial charge in [-0.15, -0.1) is 0 Å². The Morgan fingerprint density at radius 2 is 2.40 bits per heavy atom. The van der Waals surface area contributed by atoms with Crippen molar-refractivity contribution in [2.45, 2.75) is 19.5 Å². The minimum Gasteiger partial charge on any atom is -0.359 e. The van der Waals surface area contributed by atoms with Gasteiger partial charge in [0.15, 0.2) is 5.76 Å². The lowest BCUT2D eigenvalue weighted by Gasteiger charge is -2.37. The molecule has 0 amide bonds. The standard InChI is InChI=1S/C10H16BrN3O/c1-8-6-13(2)3-4-14(8)7-9-5-10(11)12-15-9/h5,8H,3-4,6-7H2,1-2H3. The highest BCUT2D eigenvalue weighted by molar-refractivity contribution is 9.10. The van der Waals surface area contributed by atoms with E-state index in [0.29, 0.717) is 6.04 Å². The first-order valence-electron chi connectivity index (χ1n) is 5.19. The fraction of sp³-hybridized carbons (Fsp3) is 0.700. The molecule has 1 atom stereocenters. The quantitative estimate of drug-likeness (QED) is 0.819. The molecule has 0 spiro atoms. The van der Waals surface area contributed by atoms with Gasteiger partial charge >= 0.3 is 0 Å². The van der Waals surface area contributed by atoms with Crippen molar-refractivity contribution in [2.75, 3.05) is 26.7 Å². The van der Waals surface area contributed by atoms with Gasteiger partial charge in [-0.2, -0.15) is 0 Å². The highest BCUT2D eigenvalue weighted by atomic mass is 79.9. The summed E-state index contributed by atoms with van der Waals surface area (Å²) in [5.41, 5.74) is 0. The van der Waals surface area contributed by atoms with Crippen molar-refractivity contribution in [1.82, 2.24) is 15.0 Å². The van der Waals surface area contributed by atoms with E-state index in [1.165, 1.54) is 0 Å². The molecule has 1 unspecified atom stereocenters. The number of nitrogens with zero attached hydrogens (tertiary/aromatic N) is 3. The van der Waals surface area contributed by atoms with Crippen LogP contribution in [0.1, 0.15) is 12.7 Å². The molecule has 5 heteroatoms. The van der Waals surface area contributed by atoms with Crippen LogP contribution < -0.4 is 0 Å². The van der Waals surface area contributed by atoms with Gasteiger partial charge in [0.05, 0.1) is 6.54 Å². The van der Waals surface area contributed by atoms with Gasteiger partial charge in [0.1, 0.15) is 4.60 Å². The molecule has 0 aliphatic carbocycles. The van der Waals surface area contributed by atoms with Gasteiger partial charge in [0.2, 0.25) is 0 Å². The number of hydrogen-bond acceptors (Lipinski definition) is 4. The van der Waals surface area contributed by atoms with Crippen LogP contribution in [-0.2, 0) is 6.54 Å². The number of hydrogen-bond donors (Lipinski definition) is 0. The van der Waals surface area contributed by atoms with Crippen LogP contribution in [0.3, 0.4) is 0 Å². The first kappa shape index (κ1) is 11.1. The minimum atomic E-state index is 0.577. The molecule has 4 nitrogen and oxygen atoms in total. The van der Waals surface area contributed by atoms with Gasteiger partial charge in [-0.25, -0.2) is 0 Å². The number of likely N-dealkylation sites (N-methyl/N-ethyl adjacent to an activating group) is 1. The van der Waals surface area contributed by atoms with E-state index in [1.54, 1.807) is 0 Å². The Hall–Kier alpha value is -0.390. The molecule has 1 fully saturated rings. The third-order valence-corrected chi connectivity index (χ3v) is 3.23. The van der Waals surface area contributed by atoms with Crippen molar-refractivity contribution in [3.05, 3.63) is 16.4 Å². The monoisotopic (exact) mass is 273 g/mol.